The third-order valence-corrected chi connectivity index (χ3v) is 5.32. The van der Waals surface area contributed by atoms with E-state index in [4.69, 9.17) is 0 Å². The summed E-state index contributed by atoms with van der Waals surface area (Å²) in [6.07, 6.45) is 1.87. The Kier molecular flexibility index (Phi) is 6.86. The molecule has 6 heteroatoms. The van der Waals surface area contributed by atoms with Gasteiger partial charge in [-0.3, -0.25) is 14.5 Å². The molecule has 2 atom stereocenters. The zero-order valence-electron chi connectivity index (χ0n) is 17.8. The van der Waals surface area contributed by atoms with E-state index in [1.165, 1.54) is 0 Å². The van der Waals surface area contributed by atoms with Gasteiger partial charge < -0.3 is 10.6 Å². The van der Waals surface area contributed by atoms with Crippen LogP contribution in [0.15, 0.2) is 24.3 Å². The van der Waals surface area contributed by atoms with Crippen LogP contribution in [0.5, 0.6) is 0 Å². The Morgan fingerprint density at radius 1 is 1.07 bits per heavy atom. The van der Waals surface area contributed by atoms with Crippen molar-refractivity contribution in [3.8, 4) is 0 Å². The van der Waals surface area contributed by atoms with Crippen molar-refractivity contribution >= 4 is 17.8 Å². The molecule has 4 amide bonds. The summed E-state index contributed by atoms with van der Waals surface area (Å²) in [7, 11) is 0. The molecule has 1 saturated heterocycles. The summed E-state index contributed by atoms with van der Waals surface area (Å²) in [5.74, 6) is 0.223. The minimum atomic E-state index is -1.16. The van der Waals surface area contributed by atoms with Crippen molar-refractivity contribution in [2.75, 3.05) is 6.54 Å². The van der Waals surface area contributed by atoms with Crippen molar-refractivity contribution < 1.29 is 14.4 Å². The van der Waals surface area contributed by atoms with Crippen LogP contribution in [0.4, 0.5) is 4.79 Å². The van der Waals surface area contributed by atoms with E-state index in [1.807, 2.05) is 31.2 Å². The van der Waals surface area contributed by atoms with Crippen molar-refractivity contribution in [2.24, 2.45) is 5.92 Å². The maximum Gasteiger partial charge on any atom is 0.325 e. The number of nitrogens with zero attached hydrogens (tertiary/aromatic N) is 1. The zero-order chi connectivity index (χ0) is 21.1. The summed E-state index contributed by atoms with van der Waals surface area (Å²) >= 11 is 0. The number of imide groups is 1. The SMILES string of the molecule is CC(C)CC[C@@H](C)NC(=O)CN1C(=O)N[C@@](C)(c2ccc(C(C)C)cc2)C1=O. The third-order valence-electron chi connectivity index (χ3n) is 5.32. The molecule has 1 aromatic carbocycles. The van der Waals surface area contributed by atoms with E-state index in [9.17, 15) is 14.4 Å². The van der Waals surface area contributed by atoms with Crippen LogP contribution in [-0.4, -0.2) is 35.3 Å². The van der Waals surface area contributed by atoms with Crippen LogP contribution in [0.3, 0.4) is 0 Å². The molecular formula is C22H33N3O3. The second kappa shape index (κ2) is 8.76. The Morgan fingerprint density at radius 3 is 2.21 bits per heavy atom. The summed E-state index contributed by atoms with van der Waals surface area (Å²) in [5.41, 5.74) is 0.718. The van der Waals surface area contributed by atoms with E-state index in [1.54, 1.807) is 6.92 Å². The van der Waals surface area contributed by atoms with Gasteiger partial charge in [0.15, 0.2) is 0 Å². The Labute approximate surface area is 168 Å². The van der Waals surface area contributed by atoms with Gasteiger partial charge in [0.25, 0.3) is 5.91 Å². The highest BCUT2D eigenvalue weighted by molar-refractivity contribution is 6.09. The van der Waals surface area contributed by atoms with Gasteiger partial charge in [-0.15, -0.1) is 0 Å². The van der Waals surface area contributed by atoms with Gasteiger partial charge in [0, 0.05) is 6.04 Å². The molecule has 0 unspecified atom stereocenters. The molecule has 1 aliphatic heterocycles. The fourth-order valence-corrected chi connectivity index (χ4v) is 3.36. The first-order valence-electron chi connectivity index (χ1n) is 10.1. The quantitative estimate of drug-likeness (QED) is 0.670. The molecule has 0 bridgehead atoms. The Balaban J connectivity index is 2.05. The van der Waals surface area contributed by atoms with Gasteiger partial charge >= 0.3 is 6.03 Å². The Morgan fingerprint density at radius 2 is 1.68 bits per heavy atom. The molecule has 0 radical (unpaired) electrons. The largest absolute Gasteiger partial charge is 0.352 e. The summed E-state index contributed by atoms with van der Waals surface area (Å²) in [6.45, 7) is 11.8. The number of carbonyl (C=O) groups is 3. The van der Waals surface area contributed by atoms with Crippen LogP contribution in [0.25, 0.3) is 0 Å². The molecule has 1 aliphatic rings. The van der Waals surface area contributed by atoms with E-state index in [0.717, 1.165) is 23.3 Å². The van der Waals surface area contributed by atoms with Crippen molar-refractivity contribution in [1.29, 1.82) is 0 Å². The van der Waals surface area contributed by atoms with Crippen LogP contribution in [0, 0.1) is 5.92 Å². The molecule has 2 rings (SSSR count). The van der Waals surface area contributed by atoms with Crippen LogP contribution in [0.2, 0.25) is 0 Å². The lowest BCUT2D eigenvalue weighted by Crippen LogP contribution is -2.45. The number of benzene rings is 1. The number of hydrogen-bond acceptors (Lipinski definition) is 3. The third kappa shape index (κ3) is 4.91. The average Bonchev–Trinajstić information content (AvgIpc) is 2.84. The normalized spacial score (nSPS) is 20.6. The molecule has 6 nitrogen and oxygen atoms in total. The van der Waals surface area contributed by atoms with Gasteiger partial charge in [-0.25, -0.2) is 4.79 Å². The average molecular weight is 388 g/mol. The topological polar surface area (TPSA) is 78.5 Å². The maximum atomic E-state index is 13.0. The smallest absolute Gasteiger partial charge is 0.325 e. The predicted molar refractivity (Wildman–Crippen MR) is 110 cm³/mol. The zero-order valence-corrected chi connectivity index (χ0v) is 17.8. The van der Waals surface area contributed by atoms with Gasteiger partial charge in [-0.2, -0.15) is 0 Å². The second-order valence-corrected chi connectivity index (χ2v) is 8.66. The van der Waals surface area contributed by atoms with Gasteiger partial charge in [0.1, 0.15) is 12.1 Å². The van der Waals surface area contributed by atoms with Crippen LogP contribution in [-0.2, 0) is 15.1 Å². The summed E-state index contributed by atoms with van der Waals surface area (Å²) < 4.78 is 0. The molecule has 2 N–H and O–H groups in total. The number of amides is 4. The van der Waals surface area contributed by atoms with Crippen LogP contribution in [0.1, 0.15) is 71.4 Å². The highest BCUT2D eigenvalue weighted by Crippen LogP contribution is 2.29. The molecule has 0 saturated carbocycles. The Bertz CT molecular complexity index is 727. The van der Waals surface area contributed by atoms with Gasteiger partial charge in [-0.05, 0) is 49.7 Å². The van der Waals surface area contributed by atoms with Gasteiger partial charge in [0.2, 0.25) is 5.91 Å². The second-order valence-electron chi connectivity index (χ2n) is 8.66. The molecular weight excluding hydrogens is 354 g/mol. The lowest BCUT2D eigenvalue weighted by Gasteiger charge is -2.23. The van der Waals surface area contributed by atoms with E-state index < -0.39 is 17.5 Å². The molecule has 0 aromatic heterocycles. The van der Waals surface area contributed by atoms with Crippen molar-refractivity contribution in [2.45, 2.75) is 71.9 Å². The number of hydrogen-bond donors (Lipinski definition) is 2. The first-order chi connectivity index (χ1) is 13.0. The maximum absolute atomic E-state index is 13.0. The van der Waals surface area contributed by atoms with Crippen LogP contribution < -0.4 is 10.6 Å². The van der Waals surface area contributed by atoms with E-state index in [-0.39, 0.29) is 18.5 Å². The van der Waals surface area contributed by atoms with Crippen molar-refractivity contribution in [1.82, 2.24) is 15.5 Å². The monoisotopic (exact) mass is 387 g/mol. The molecule has 1 aromatic rings. The lowest BCUT2D eigenvalue weighted by molar-refractivity contribution is -0.135. The van der Waals surface area contributed by atoms with Crippen LogP contribution >= 0.6 is 0 Å². The Hall–Kier alpha value is -2.37. The molecule has 0 aliphatic carbocycles. The lowest BCUT2D eigenvalue weighted by atomic mass is 9.90. The molecule has 154 valence electrons. The molecule has 1 heterocycles. The number of nitrogens with one attached hydrogen (secondary N) is 2. The van der Waals surface area contributed by atoms with Crippen molar-refractivity contribution in [3.05, 3.63) is 35.4 Å². The van der Waals surface area contributed by atoms with Gasteiger partial charge in [-0.1, -0.05) is 52.0 Å². The summed E-state index contributed by atoms with van der Waals surface area (Å²) in [5, 5.41) is 5.63. The number of urea groups is 1. The fraction of sp³-hybridized carbons (Fsp3) is 0.591. The molecule has 1 fully saturated rings. The highest BCUT2D eigenvalue weighted by Gasteiger charge is 2.49. The summed E-state index contributed by atoms with van der Waals surface area (Å²) in [4.78, 5) is 38.7. The van der Waals surface area contributed by atoms with E-state index in [0.29, 0.717) is 17.4 Å². The standard InChI is InChI=1S/C22H33N3O3/c1-14(2)7-8-16(5)23-19(26)13-25-20(27)22(6,24-21(25)28)18-11-9-17(10-12-18)15(3)4/h9-12,14-16H,7-8,13H2,1-6H3,(H,23,26)(H,24,28)/t16-,22+/m1/s1. The molecule has 28 heavy (non-hydrogen) atoms. The van der Waals surface area contributed by atoms with E-state index in [2.05, 4.69) is 38.3 Å². The summed E-state index contributed by atoms with van der Waals surface area (Å²) in [6, 6.07) is 7.14. The first-order valence-corrected chi connectivity index (χ1v) is 10.1. The predicted octanol–water partition coefficient (Wildman–Crippen LogP) is 3.52. The van der Waals surface area contributed by atoms with Gasteiger partial charge in [0.05, 0.1) is 0 Å². The molecule has 0 spiro atoms. The minimum absolute atomic E-state index is 0.00521. The van der Waals surface area contributed by atoms with Crippen molar-refractivity contribution in [3.63, 3.8) is 0 Å². The fourth-order valence-electron chi connectivity index (χ4n) is 3.36. The highest BCUT2D eigenvalue weighted by atomic mass is 16.2. The number of carbonyl (C=O) groups excluding carboxylic acids is 3. The first kappa shape index (κ1) is 21.9. The van der Waals surface area contributed by atoms with E-state index >= 15 is 0 Å². The number of rotatable bonds is 8. The minimum Gasteiger partial charge on any atom is -0.352 e.